The number of nitrogens with zero attached hydrogens (tertiary/aromatic N) is 3. The number of anilines is 1. The van der Waals surface area contributed by atoms with Crippen molar-refractivity contribution in [2.75, 3.05) is 24.5 Å². The number of carbonyl (C=O) groups is 1. The van der Waals surface area contributed by atoms with Gasteiger partial charge in [0.2, 0.25) is 0 Å². The van der Waals surface area contributed by atoms with E-state index >= 15 is 0 Å². The topological polar surface area (TPSA) is 102 Å². The Labute approximate surface area is 149 Å². The van der Waals surface area contributed by atoms with Gasteiger partial charge in [-0.3, -0.25) is 4.90 Å². The van der Waals surface area contributed by atoms with Crippen LogP contribution >= 0.6 is 12.2 Å². The molecular formula is C15H17FN6O2S. The van der Waals surface area contributed by atoms with Crippen LogP contribution in [0.5, 0.6) is 0 Å². The summed E-state index contributed by atoms with van der Waals surface area (Å²) in [7, 11) is 0. The van der Waals surface area contributed by atoms with Crippen molar-refractivity contribution in [3.8, 4) is 6.07 Å². The predicted octanol–water partition coefficient (Wildman–Crippen LogP) is 1.37. The minimum Gasteiger partial charge on any atom is -0.442 e. The number of thiocarbonyl (C=S) groups is 1. The zero-order valence-electron chi connectivity index (χ0n) is 13.5. The fourth-order valence-electron chi connectivity index (χ4n) is 2.10. The van der Waals surface area contributed by atoms with E-state index in [1.807, 2.05) is 6.07 Å². The van der Waals surface area contributed by atoms with E-state index in [9.17, 15) is 9.18 Å². The summed E-state index contributed by atoms with van der Waals surface area (Å²) in [5.41, 5.74) is 5.56. The number of nitrogens with one attached hydrogen (secondary N) is 3. The number of halogens is 1. The average molecular weight is 364 g/mol. The largest absolute Gasteiger partial charge is 0.442 e. The van der Waals surface area contributed by atoms with Gasteiger partial charge < -0.3 is 15.5 Å². The fourth-order valence-corrected chi connectivity index (χ4v) is 2.19. The molecule has 1 heterocycles. The predicted molar refractivity (Wildman–Crippen MR) is 95.2 cm³/mol. The quantitative estimate of drug-likeness (QED) is 0.168. The first-order valence-electron chi connectivity index (χ1n) is 7.41. The molecule has 2 rings (SSSR count). The van der Waals surface area contributed by atoms with E-state index < -0.39 is 11.9 Å². The van der Waals surface area contributed by atoms with Gasteiger partial charge in [0, 0.05) is 0 Å². The van der Waals surface area contributed by atoms with Crippen LogP contribution in [0.15, 0.2) is 23.2 Å². The molecular weight excluding hydrogens is 347 g/mol. The molecule has 3 N–H and O–H groups in total. The van der Waals surface area contributed by atoms with Crippen molar-refractivity contribution in [2.24, 2.45) is 4.99 Å². The van der Waals surface area contributed by atoms with Gasteiger partial charge in [-0.1, -0.05) is 12.2 Å². The molecule has 0 unspecified atom stereocenters. The SMILES string of the molecule is CC(=S)NC[C@H]1CN(c2ccc(N=CNNCC#N)c(F)c2)C(=O)O1. The second kappa shape index (κ2) is 8.91. The molecule has 10 heteroatoms. The van der Waals surface area contributed by atoms with Crippen LogP contribution in [0.1, 0.15) is 6.92 Å². The van der Waals surface area contributed by atoms with Crippen LogP contribution in [0.2, 0.25) is 0 Å². The molecule has 1 aliphatic heterocycles. The summed E-state index contributed by atoms with van der Waals surface area (Å²) in [5, 5.41) is 11.3. The van der Waals surface area contributed by atoms with Gasteiger partial charge in [0.15, 0.2) is 5.82 Å². The van der Waals surface area contributed by atoms with Crippen molar-refractivity contribution in [3.63, 3.8) is 0 Å². The van der Waals surface area contributed by atoms with Crippen LogP contribution in [0.4, 0.5) is 20.6 Å². The van der Waals surface area contributed by atoms with Crippen LogP contribution < -0.4 is 21.1 Å². The Kier molecular flexibility index (Phi) is 6.62. The van der Waals surface area contributed by atoms with Gasteiger partial charge in [-0.25, -0.2) is 19.6 Å². The lowest BCUT2D eigenvalue weighted by Crippen LogP contribution is -2.32. The first-order valence-corrected chi connectivity index (χ1v) is 7.82. The molecule has 1 saturated heterocycles. The maximum atomic E-state index is 14.1. The molecule has 132 valence electrons. The normalized spacial score (nSPS) is 16.6. The van der Waals surface area contributed by atoms with E-state index in [-0.39, 0.29) is 18.3 Å². The van der Waals surface area contributed by atoms with Gasteiger partial charge in [-0.15, -0.1) is 0 Å². The van der Waals surface area contributed by atoms with Crippen LogP contribution in [-0.4, -0.2) is 43.2 Å². The monoisotopic (exact) mass is 364 g/mol. The molecule has 0 saturated carbocycles. The van der Waals surface area contributed by atoms with E-state index in [4.69, 9.17) is 22.2 Å². The number of carbonyl (C=O) groups excluding carboxylic acids is 1. The highest BCUT2D eigenvalue weighted by Gasteiger charge is 2.32. The Balaban J connectivity index is 1.99. The van der Waals surface area contributed by atoms with Crippen LogP contribution in [-0.2, 0) is 4.74 Å². The molecule has 0 aromatic heterocycles. The Morgan fingerprint density at radius 3 is 3.12 bits per heavy atom. The molecule has 1 amide bonds. The summed E-state index contributed by atoms with van der Waals surface area (Å²) < 4.78 is 19.4. The van der Waals surface area contributed by atoms with Gasteiger partial charge in [-0.2, -0.15) is 5.26 Å². The Morgan fingerprint density at radius 2 is 2.44 bits per heavy atom. The summed E-state index contributed by atoms with van der Waals surface area (Å²) in [6, 6.07) is 6.12. The summed E-state index contributed by atoms with van der Waals surface area (Å²) in [4.78, 5) is 17.8. The number of cyclic esters (lactones) is 1. The minimum absolute atomic E-state index is 0.0866. The minimum atomic E-state index is -0.583. The average Bonchev–Trinajstić information content (AvgIpc) is 2.95. The second-order valence-corrected chi connectivity index (χ2v) is 5.72. The van der Waals surface area contributed by atoms with E-state index in [1.165, 1.54) is 23.4 Å². The van der Waals surface area contributed by atoms with Crippen molar-refractivity contribution in [3.05, 3.63) is 24.0 Å². The second-order valence-electron chi connectivity index (χ2n) is 5.10. The fraction of sp³-hybridized carbons (Fsp3) is 0.333. The van der Waals surface area contributed by atoms with Crippen LogP contribution in [0, 0.1) is 17.1 Å². The number of hydrazine groups is 1. The lowest BCUT2D eigenvalue weighted by molar-refractivity contribution is 0.143. The smallest absolute Gasteiger partial charge is 0.414 e. The molecule has 8 nitrogen and oxygen atoms in total. The molecule has 25 heavy (non-hydrogen) atoms. The molecule has 0 bridgehead atoms. The first-order chi connectivity index (χ1) is 12.0. The van der Waals surface area contributed by atoms with Crippen molar-refractivity contribution < 1.29 is 13.9 Å². The number of rotatable bonds is 7. The highest BCUT2D eigenvalue weighted by Crippen LogP contribution is 2.27. The molecule has 1 aromatic rings. The number of ether oxygens (including phenoxy) is 1. The molecule has 0 radical (unpaired) electrons. The molecule has 1 aliphatic rings. The molecule has 1 fully saturated rings. The van der Waals surface area contributed by atoms with Crippen molar-refractivity contribution in [1.29, 1.82) is 5.26 Å². The van der Waals surface area contributed by atoms with Crippen molar-refractivity contribution in [2.45, 2.75) is 13.0 Å². The van der Waals surface area contributed by atoms with Gasteiger partial charge in [0.1, 0.15) is 24.7 Å². The summed E-state index contributed by atoms with van der Waals surface area (Å²) >= 11 is 4.92. The third kappa shape index (κ3) is 5.37. The van der Waals surface area contributed by atoms with Crippen LogP contribution in [0.3, 0.4) is 0 Å². The van der Waals surface area contributed by atoms with E-state index in [1.54, 1.807) is 13.0 Å². The lowest BCUT2D eigenvalue weighted by atomic mass is 10.2. The number of nitriles is 1. The third-order valence-electron chi connectivity index (χ3n) is 3.23. The van der Waals surface area contributed by atoms with Crippen molar-refractivity contribution in [1.82, 2.24) is 16.2 Å². The number of hydrogen-bond donors (Lipinski definition) is 3. The summed E-state index contributed by atoms with van der Waals surface area (Å²) in [5.74, 6) is -0.583. The molecule has 0 spiro atoms. The van der Waals surface area contributed by atoms with Gasteiger partial charge >= 0.3 is 6.09 Å². The lowest BCUT2D eigenvalue weighted by Gasteiger charge is -2.13. The zero-order chi connectivity index (χ0) is 18.2. The van der Waals surface area contributed by atoms with E-state index in [0.717, 1.165) is 0 Å². The van der Waals surface area contributed by atoms with Gasteiger partial charge in [0.25, 0.3) is 0 Å². The Hall–Kier alpha value is -2.77. The third-order valence-corrected chi connectivity index (χ3v) is 3.38. The number of benzene rings is 1. The summed E-state index contributed by atoms with van der Waals surface area (Å²) in [6.07, 6.45) is 0.336. The first kappa shape index (κ1) is 18.6. The number of aliphatic imine (C=N–C) groups is 1. The van der Waals surface area contributed by atoms with Gasteiger partial charge in [0.05, 0.1) is 29.8 Å². The number of hydrogen-bond acceptors (Lipinski definition) is 6. The molecule has 1 atom stereocenters. The van der Waals surface area contributed by atoms with Gasteiger partial charge in [-0.05, 0) is 25.1 Å². The van der Waals surface area contributed by atoms with E-state index in [0.29, 0.717) is 23.8 Å². The number of amides is 1. The zero-order valence-corrected chi connectivity index (χ0v) is 14.3. The maximum Gasteiger partial charge on any atom is 0.414 e. The Morgan fingerprint density at radius 1 is 1.64 bits per heavy atom. The Bertz CT molecular complexity index is 720. The maximum absolute atomic E-state index is 14.1. The molecule has 0 aliphatic carbocycles. The van der Waals surface area contributed by atoms with Crippen LogP contribution in [0.25, 0.3) is 0 Å². The van der Waals surface area contributed by atoms with Crippen molar-refractivity contribution >= 4 is 41.0 Å². The summed E-state index contributed by atoms with van der Waals surface area (Å²) in [6.45, 7) is 2.53. The van der Waals surface area contributed by atoms with E-state index in [2.05, 4.69) is 21.2 Å². The standard InChI is InChI=1S/C15H17FN6O2S/c1-10(25)18-7-12-8-22(15(23)24-12)11-2-3-14(13(16)6-11)19-9-21-20-5-4-17/h2-3,6,9,12,20H,5,7-8H2,1H3,(H,18,25)(H,19,21)/t12-/m0/s1. The highest BCUT2D eigenvalue weighted by molar-refractivity contribution is 7.80. The molecule has 1 aromatic carbocycles. The highest BCUT2D eigenvalue weighted by atomic mass is 32.1.